The molecule has 2 aromatic heterocycles. The number of aromatic nitrogens is 3. The number of carbonyl (C=O) groups excluding carboxylic acids is 2. The first-order chi connectivity index (χ1) is 18.7. The number of likely N-dealkylation sites (tertiary alicyclic amines) is 1. The molecule has 0 radical (unpaired) electrons. The minimum Gasteiger partial charge on any atom is -0.496 e. The molecule has 0 bridgehead atoms. The standard InChI is InChI=1S/C30H41N5O4/c1-7-8-20(2)39-27(37)18-23-9-10-24(17-25(23)38-6)28-29-21(3)31-13-16-35(29)30(32-28)22-11-14-34(15-12-22)19-26(36)33(4)5/h9-10,13,16-17,20,22H,7-8,11-12,14-15,18-19H2,1-6H3/t20-/m0/s1. The largest absolute Gasteiger partial charge is 0.496 e. The van der Waals surface area contributed by atoms with E-state index in [9.17, 15) is 9.59 Å². The molecule has 1 saturated heterocycles. The molecule has 39 heavy (non-hydrogen) atoms. The molecule has 1 fully saturated rings. The third-order valence-electron chi connectivity index (χ3n) is 7.50. The van der Waals surface area contributed by atoms with E-state index in [2.05, 4.69) is 21.2 Å². The van der Waals surface area contributed by atoms with Crippen LogP contribution in [0.3, 0.4) is 0 Å². The summed E-state index contributed by atoms with van der Waals surface area (Å²) in [6.45, 7) is 8.16. The second kappa shape index (κ2) is 12.6. The monoisotopic (exact) mass is 535 g/mol. The first-order valence-corrected chi connectivity index (χ1v) is 13.8. The van der Waals surface area contributed by atoms with Gasteiger partial charge < -0.3 is 14.4 Å². The van der Waals surface area contributed by atoms with Gasteiger partial charge in [0.15, 0.2) is 0 Å². The van der Waals surface area contributed by atoms with Crippen LogP contribution in [-0.4, -0.2) is 83.0 Å². The number of aryl methyl sites for hydroxylation is 1. The maximum atomic E-state index is 12.5. The highest BCUT2D eigenvalue weighted by Gasteiger charge is 2.27. The van der Waals surface area contributed by atoms with E-state index in [0.717, 1.165) is 72.6 Å². The smallest absolute Gasteiger partial charge is 0.310 e. The Labute approximate surface area is 231 Å². The summed E-state index contributed by atoms with van der Waals surface area (Å²) in [6.07, 6.45) is 7.53. The third-order valence-corrected chi connectivity index (χ3v) is 7.50. The van der Waals surface area contributed by atoms with Crippen LogP contribution in [0, 0.1) is 6.92 Å². The van der Waals surface area contributed by atoms with Crippen LogP contribution >= 0.6 is 0 Å². The zero-order valence-corrected chi connectivity index (χ0v) is 24.1. The van der Waals surface area contributed by atoms with Gasteiger partial charge in [0.05, 0.1) is 43.1 Å². The lowest BCUT2D eigenvalue weighted by Gasteiger charge is -2.31. The average molecular weight is 536 g/mol. The SMILES string of the molecule is CCC[C@H](C)OC(=O)Cc1ccc(-c2nc(C3CCN(CC(=O)N(C)C)CC3)n3ccnc(C)c23)cc1OC. The van der Waals surface area contributed by atoms with E-state index in [1.54, 1.807) is 26.1 Å². The third kappa shape index (κ3) is 6.58. The number of esters is 1. The van der Waals surface area contributed by atoms with Gasteiger partial charge in [-0.1, -0.05) is 25.5 Å². The molecule has 0 spiro atoms. The van der Waals surface area contributed by atoms with Gasteiger partial charge in [-0.2, -0.15) is 0 Å². The lowest BCUT2D eigenvalue weighted by Crippen LogP contribution is -2.40. The van der Waals surface area contributed by atoms with E-state index >= 15 is 0 Å². The first-order valence-electron chi connectivity index (χ1n) is 13.8. The number of hydrogen-bond acceptors (Lipinski definition) is 7. The lowest BCUT2D eigenvalue weighted by molar-refractivity contribution is -0.147. The van der Waals surface area contributed by atoms with Gasteiger partial charge in [-0.15, -0.1) is 0 Å². The molecule has 4 rings (SSSR count). The topological polar surface area (TPSA) is 89.3 Å². The van der Waals surface area contributed by atoms with Crippen molar-refractivity contribution in [2.75, 3.05) is 40.8 Å². The highest BCUT2D eigenvalue weighted by Crippen LogP contribution is 2.35. The van der Waals surface area contributed by atoms with E-state index in [-0.39, 0.29) is 30.3 Å². The Kier molecular flexibility index (Phi) is 9.22. The van der Waals surface area contributed by atoms with Gasteiger partial charge in [-0.3, -0.25) is 23.9 Å². The molecule has 1 atom stereocenters. The molecule has 210 valence electrons. The van der Waals surface area contributed by atoms with Gasteiger partial charge >= 0.3 is 5.97 Å². The number of likely N-dealkylation sites (N-methyl/N-ethyl adjacent to an activating group) is 1. The van der Waals surface area contributed by atoms with Gasteiger partial charge in [0.1, 0.15) is 11.6 Å². The van der Waals surface area contributed by atoms with Gasteiger partial charge in [0.2, 0.25) is 5.91 Å². The maximum absolute atomic E-state index is 12.5. The number of ether oxygens (including phenoxy) is 2. The molecular formula is C30H41N5O4. The summed E-state index contributed by atoms with van der Waals surface area (Å²) in [5.74, 6) is 1.80. The van der Waals surface area contributed by atoms with Crippen molar-refractivity contribution in [3.63, 3.8) is 0 Å². The Morgan fingerprint density at radius 2 is 1.95 bits per heavy atom. The van der Waals surface area contributed by atoms with E-state index < -0.39 is 0 Å². The van der Waals surface area contributed by atoms with Crippen molar-refractivity contribution < 1.29 is 19.1 Å². The van der Waals surface area contributed by atoms with Gasteiger partial charge in [-0.05, 0) is 52.3 Å². The van der Waals surface area contributed by atoms with Crippen LogP contribution in [0.25, 0.3) is 16.8 Å². The molecule has 3 aromatic rings. The Morgan fingerprint density at radius 3 is 2.62 bits per heavy atom. The van der Waals surface area contributed by atoms with Crippen LogP contribution in [-0.2, 0) is 20.7 Å². The molecule has 1 aromatic carbocycles. The molecule has 1 aliphatic heterocycles. The predicted octanol–water partition coefficient (Wildman–Crippen LogP) is 4.26. The van der Waals surface area contributed by atoms with Crippen molar-refractivity contribution in [3.05, 3.63) is 47.7 Å². The fourth-order valence-electron chi connectivity index (χ4n) is 5.32. The molecular weight excluding hydrogens is 494 g/mol. The van der Waals surface area contributed by atoms with Crippen molar-refractivity contribution in [1.29, 1.82) is 0 Å². The van der Waals surface area contributed by atoms with Crippen molar-refractivity contribution in [2.24, 2.45) is 0 Å². The number of imidazole rings is 1. The summed E-state index contributed by atoms with van der Waals surface area (Å²) in [4.78, 5) is 38.3. The minimum atomic E-state index is -0.254. The van der Waals surface area contributed by atoms with E-state index in [1.807, 2.05) is 44.4 Å². The first kappa shape index (κ1) is 28.5. The van der Waals surface area contributed by atoms with E-state index in [0.29, 0.717) is 12.3 Å². The molecule has 1 amide bonds. The molecule has 0 unspecified atom stereocenters. The molecule has 0 saturated carbocycles. The van der Waals surface area contributed by atoms with Gasteiger partial charge in [0, 0.05) is 43.5 Å². The minimum absolute atomic E-state index is 0.0982. The van der Waals surface area contributed by atoms with Crippen LogP contribution in [0.1, 0.15) is 62.5 Å². The van der Waals surface area contributed by atoms with Crippen LogP contribution in [0.5, 0.6) is 5.75 Å². The number of methoxy groups -OCH3 is 1. The second-order valence-electron chi connectivity index (χ2n) is 10.7. The highest BCUT2D eigenvalue weighted by atomic mass is 16.5. The molecule has 9 heteroatoms. The zero-order valence-electron chi connectivity index (χ0n) is 24.1. The summed E-state index contributed by atoms with van der Waals surface area (Å²) >= 11 is 0. The van der Waals surface area contributed by atoms with E-state index in [4.69, 9.17) is 14.5 Å². The number of benzene rings is 1. The summed E-state index contributed by atoms with van der Waals surface area (Å²) < 4.78 is 13.4. The van der Waals surface area contributed by atoms with Crippen LogP contribution in [0.15, 0.2) is 30.6 Å². The van der Waals surface area contributed by atoms with Crippen molar-refractivity contribution in [2.45, 2.75) is 64.9 Å². The number of amides is 1. The number of piperidine rings is 1. The zero-order chi connectivity index (χ0) is 28.1. The maximum Gasteiger partial charge on any atom is 0.310 e. The number of nitrogens with zero attached hydrogens (tertiary/aromatic N) is 5. The van der Waals surface area contributed by atoms with Gasteiger partial charge in [0.25, 0.3) is 0 Å². The Morgan fingerprint density at radius 1 is 1.21 bits per heavy atom. The Hall–Kier alpha value is -3.46. The molecule has 0 N–H and O–H groups in total. The van der Waals surface area contributed by atoms with Crippen LogP contribution in [0.2, 0.25) is 0 Å². The summed E-state index contributed by atoms with van der Waals surface area (Å²) in [7, 11) is 5.21. The van der Waals surface area contributed by atoms with Crippen molar-refractivity contribution >= 4 is 17.4 Å². The Balaban J connectivity index is 1.59. The number of fused-ring (bicyclic) bond motifs is 1. The number of rotatable bonds is 10. The molecule has 1 aliphatic rings. The quantitative estimate of drug-likeness (QED) is 0.359. The van der Waals surface area contributed by atoms with E-state index in [1.165, 1.54) is 0 Å². The summed E-state index contributed by atoms with van der Waals surface area (Å²) in [6, 6.07) is 5.87. The highest BCUT2D eigenvalue weighted by molar-refractivity contribution is 5.81. The fourth-order valence-corrected chi connectivity index (χ4v) is 5.32. The normalized spacial score (nSPS) is 15.3. The second-order valence-corrected chi connectivity index (χ2v) is 10.7. The fraction of sp³-hybridized carbons (Fsp3) is 0.533. The Bertz CT molecular complexity index is 1310. The molecule has 0 aliphatic carbocycles. The van der Waals surface area contributed by atoms with Crippen LogP contribution in [0.4, 0.5) is 0 Å². The summed E-state index contributed by atoms with van der Waals surface area (Å²) in [5.41, 5.74) is 4.42. The number of carbonyl (C=O) groups is 2. The van der Waals surface area contributed by atoms with Crippen molar-refractivity contribution in [3.8, 4) is 17.0 Å². The van der Waals surface area contributed by atoms with Crippen LogP contribution < -0.4 is 4.74 Å². The van der Waals surface area contributed by atoms with Gasteiger partial charge in [-0.25, -0.2) is 4.98 Å². The average Bonchev–Trinajstić information content (AvgIpc) is 3.30. The number of hydrogen-bond donors (Lipinski definition) is 0. The lowest BCUT2D eigenvalue weighted by atomic mass is 9.96. The summed E-state index contributed by atoms with van der Waals surface area (Å²) in [5, 5.41) is 0. The molecule has 9 nitrogen and oxygen atoms in total. The van der Waals surface area contributed by atoms with Crippen molar-refractivity contribution in [1.82, 2.24) is 24.2 Å². The predicted molar refractivity (Wildman–Crippen MR) is 151 cm³/mol. The molecule has 3 heterocycles.